The van der Waals surface area contributed by atoms with Gasteiger partial charge in [0.05, 0.1) is 10.9 Å². The van der Waals surface area contributed by atoms with Gasteiger partial charge in [0.1, 0.15) is 5.82 Å². The van der Waals surface area contributed by atoms with Crippen LogP contribution in [0.1, 0.15) is 37.1 Å². The highest BCUT2D eigenvalue weighted by Crippen LogP contribution is 2.29. The van der Waals surface area contributed by atoms with E-state index in [1.165, 1.54) is 24.3 Å². The number of likely N-dealkylation sites (tertiary alicyclic amines) is 1. The lowest BCUT2D eigenvalue weighted by molar-refractivity contribution is -0.133. The standard InChI is InChI=1S/C23H25FN4O4S/c1-15-3-9-20(10-4-15)33(30,31)27-16(2)23(29)28-13-11-18(12-14-28)22-25-21(26-32-22)17-5-7-19(24)8-6-17/h3-10,16,18,27H,11-14H2,1-2H3/t16-/m1/s1. The molecular formula is C23H25FN4O4S. The van der Waals surface area contributed by atoms with E-state index < -0.39 is 16.1 Å². The number of hydrogen-bond acceptors (Lipinski definition) is 6. The second-order valence-electron chi connectivity index (χ2n) is 8.22. The molecule has 0 radical (unpaired) electrons. The van der Waals surface area contributed by atoms with Crippen LogP contribution in [0.15, 0.2) is 57.9 Å². The Hall–Kier alpha value is -3.11. The number of carbonyl (C=O) groups excluding carboxylic acids is 1. The number of aromatic nitrogens is 2. The summed E-state index contributed by atoms with van der Waals surface area (Å²) in [6, 6.07) is 11.4. The summed E-state index contributed by atoms with van der Waals surface area (Å²) < 4.78 is 46.2. The van der Waals surface area contributed by atoms with Crippen molar-refractivity contribution in [3.8, 4) is 11.4 Å². The summed E-state index contributed by atoms with van der Waals surface area (Å²) in [7, 11) is -3.79. The van der Waals surface area contributed by atoms with Crippen LogP contribution in [0.25, 0.3) is 11.4 Å². The van der Waals surface area contributed by atoms with E-state index in [9.17, 15) is 17.6 Å². The second kappa shape index (κ2) is 9.40. The van der Waals surface area contributed by atoms with Crippen LogP contribution < -0.4 is 4.72 Å². The number of amides is 1. The normalized spacial score (nSPS) is 16.0. The van der Waals surface area contributed by atoms with Crippen LogP contribution in [0.4, 0.5) is 4.39 Å². The molecule has 0 unspecified atom stereocenters. The molecule has 3 aromatic rings. The fraction of sp³-hybridized carbons (Fsp3) is 0.348. The first-order chi connectivity index (χ1) is 15.7. The third kappa shape index (κ3) is 5.28. The summed E-state index contributed by atoms with van der Waals surface area (Å²) in [5, 5.41) is 3.98. The quantitative estimate of drug-likeness (QED) is 0.590. The first-order valence-corrected chi connectivity index (χ1v) is 12.2. The van der Waals surface area contributed by atoms with Crippen LogP contribution in [0.2, 0.25) is 0 Å². The summed E-state index contributed by atoms with van der Waals surface area (Å²) in [5.74, 6) is 0.254. The summed E-state index contributed by atoms with van der Waals surface area (Å²) in [5.41, 5.74) is 1.61. The molecule has 1 aromatic heterocycles. The number of hydrogen-bond donors (Lipinski definition) is 1. The van der Waals surface area contributed by atoms with Gasteiger partial charge in [0.2, 0.25) is 27.6 Å². The fourth-order valence-electron chi connectivity index (χ4n) is 3.81. The Balaban J connectivity index is 1.34. The molecule has 0 aliphatic carbocycles. The van der Waals surface area contributed by atoms with Gasteiger partial charge in [0.25, 0.3) is 0 Å². The van der Waals surface area contributed by atoms with E-state index in [1.807, 2.05) is 6.92 Å². The summed E-state index contributed by atoms with van der Waals surface area (Å²) in [4.78, 5) is 19.0. The molecule has 1 amide bonds. The molecule has 1 fully saturated rings. The van der Waals surface area contributed by atoms with Crippen molar-refractivity contribution in [3.05, 3.63) is 65.8 Å². The molecular weight excluding hydrogens is 447 g/mol. The smallest absolute Gasteiger partial charge is 0.241 e. The van der Waals surface area contributed by atoms with Crippen molar-refractivity contribution < 1.29 is 22.1 Å². The lowest BCUT2D eigenvalue weighted by Gasteiger charge is -2.32. The van der Waals surface area contributed by atoms with Crippen LogP contribution in [0, 0.1) is 12.7 Å². The van der Waals surface area contributed by atoms with Crippen molar-refractivity contribution >= 4 is 15.9 Å². The average molecular weight is 473 g/mol. The molecule has 1 aliphatic heterocycles. The minimum absolute atomic E-state index is 0.00435. The largest absolute Gasteiger partial charge is 0.341 e. The molecule has 1 saturated heterocycles. The van der Waals surface area contributed by atoms with E-state index in [2.05, 4.69) is 14.9 Å². The molecule has 1 N–H and O–H groups in total. The van der Waals surface area contributed by atoms with Gasteiger partial charge < -0.3 is 9.42 Å². The zero-order chi connectivity index (χ0) is 23.6. The van der Waals surface area contributed by atoms with Crippen LogP contribution in [0.5, 0.6) is 0 Å². The predicted molar refractivity (Wildman–Crippen MR) is 119 cm³/mol. The van der Waals surface area contributed by atoms with E-state index in [-0.39, 0.29) is 22.5 Å². The van der Waals surface area contributed by atoms with Crippen molar-refractivity contribution in [2.24, 2.45) is 0 Å². The number of nitrogens with one attached hydrogen (secondary N) is 1. The number of rotatable bonds is 6. The molecule has 174 valence electrons. The topological polar surface area (TPSA) is 105 Å². The summed E-state index contributed by atoms with van der Waals surface area (Å²) in [6.45, 7) is 4.33. The zero-order valence-electron chi connectivity index (χ0n) is 18.4. The maximum atomic E-state index is 13.1. The molecule has 8 nitrogen and oxygen atoms in total. The van der Waals surface area contributed by atoms with Crippen molar-refractivity contribution in [1.29, 1.82) is 0 Å². The highest BCUT2D eigenvalue weighted by Gasteiger charge is 2.31. The average Bonchev–Trinajstić information content (AvgIpc) is 3.29. The van der Waals surface area contributed by atoms with Gasteiger partial charge in [-0.2, -0.15) is 9.71 Å². The van der Waals surface area contributed by atoms with E-state index in [0.29, 0.717) is 43.2 Å². The third-order valence-corrected chi connectivity index (χ3v) is 7.29. The van der Waals surface area contributed by atoms with Crippen LogP contribution in [-0.4, -0.2) is 48.5 Å². The Labute approximate surface area is 191 Å². The maximum Gasteiger partial charge on any atom is 0.241 e. The van der Waals surface area contributed by atoms with Gasteiger partial charge in [-0.15, -0.1) is 0 Å². The van der Waals surface area contributed by atoms with Gasteiger partial charge >= 0.3 is 0 Å². The van der Waals surface area contributed by atoms with Gasteiger partial charge in [-0.3, -0.25) is 4.79 Å². The SMILES string of the molecule is Cc1ccc(S(=O)(=O)N[C@H](C)C(=O)N2CCC(c3nc(-c4ccc(F)cc4)no3)CC2)cc1. The van der Waals surface area contributed by atoms with E-state index >= 15 is 0 Å². The second-order valence-corrected chi connectivity index (χ2v) is 9.93. The van der Waals surface area contributed by atoms with E-state index in [1.54, 1.807) is 36.1 Å². The molecule has 0 saturated carbocycles. The minimum Gasteiger partial charge on any atom is -0.341 e. The lowest BCUT2D eigenvalue weighted by atomic mass is 9.96. The van der Waals surface area contributed by atoms with Gasteiger partial charge in [-0.05, 0) is 63.1 Å². The van der Waals surface area contributed by atoms with Gasteiger partial charge in [-0.1, -0.05) is 22.9 Å². The molecule has 0 spiro atoms. The number of aryl methyl sites for hydroxylation is 1. The molecule has 2 heterocycles. The molecule has 0 bridgehead atoms. The van der Waals surface area contributed by atoms with E-state index in [4.69, 9.17) is 4.52 Å². The molecule has 1 aliphatic rings. The number of benzene rings is 2. The van der Waals surface area contributed by atoms with Crippen LogP contribution in [-0.2, 0) is 14.8 Å². The monoisotopic (exact) mass is 472 g/mol. The van der Waals surface area contributed by atoms with Gasteiger partial charge in [0, 0.05) is 24.6 Å². The van der Waals surface area contributed by atoms with Crippen molar-refractivity contribution in [2.75, 3.05) is 13.1 Å². The molecule has 1 atom stereocenters. The van der Waals surface area contributed by atoms with Gasteiger partial charge in [-0.25, -0.2) is 12.8 Å². The summed E-state index contributed by atoms with van der Waals surface area (Å²) in [6.07, 6.45) is 1.24. The number of halogens is 1. The predicted octanol–water partition coefficient (Wildman–Crippen LogP) is 3.26. The Morgan fingerprint density at radius 1 is 1.12 bits per heavy atom. The molecule has 4 rings (SSSR count). The van der Waals surface area contributed by atoms with Crippen molar-refractivity contribution in [1.82, 2.24) is 19.8 Å². The van der Waals surface area contributed by atoms with E-state index in [0.717, 1.165) is 5.56 Å². The fourth-order valence-corrected chi connectivity index (χ4v) is 5.00. The molecule has 10 heteroatoms. The Morgan fingerprint density at radius 3 is 2.39 bits per heavy atom. The molecule has 2 aromatic carbocycles. The Kier molecular flexibility index (Phi) is 6.57. The van der Waals surface area contributed by atoms with Gasteiger partial charge in [0.15, 0.2) is 0 Å². The first-order valence-electron chi connectivity index (χ1n) is 10.7. The van der Waals surface area contributed by atoms with Crippen molar-refractivity contribution in [3.63, 3.8) is 0 Å². The Bertz CT molecular complexity index is 1220. The minimum atomic E-state index is -3.79. The number of carbonyl (C=O) groups is 1. The maximum absolute atomic E-state index is 13.1. The lowest BCUT2D eigenvalue weighted by Crippen LogP contribution is -2.49. The first kappa shape index (κ1) is 23.1. The number of nitrogens with zero attached hydrogens (tertiary/aromatic N) is 3. The number of sulfonamides is 1. The molecule has 33 heavy (non-hydrogen) atoms. The van der Waals surface area contributed by atoms with Crippen LogP contribution in [0.3, 0.4) is 0 Å². The third-order valence-electron chi connectivity index (χ3n) is 5.73. The zero-order valence-corrected chi connectivity index (χ0v) is 19.2. The van der Waals surface area contributed by atoms with Crippen molar-refractivity contribution in [2.45, 2.75) is 43.5 Å². The van der Waals surface area contributed by atoms with Crippen LogP contribution >= 0.6 is 0 Å². The highest BCUT2D eigenvalue weighted by atomic mass is 32.2. The number of piperidine rings is 1. The summed E-state index contributed by atoms with van der Waals surface area (Å²) >= 11 is 0. The Morgan fingerprint density at radius 2 is 1.76 bits per heavy atom. The highest BCUT2D eigenvalue weighted by molar-refractivity contribution is 7.89.